The second kappa shape index (κ2) is 5.36. The Morgan fingerprint density at radius 2 is 2.25 bits per heavy atom. The zero-order valence-corrected chi connectivity index (χ0v) is 12.5. The molecule has 0 radical (unpaired) electrons. The number of fused-ring (bicyclic) bond motifs is 1. The van der Waals surface area contributed by atoms with Gasteiger partial charge in [-0.1, -0.05) is 6.92 Å². The minimum absolute atomic E-state index is 0.0304. The summed E-state index contributed by atoms with van der Waals surface area (Å²) in [5, 5.41) is 7.11. The molecule has 0 bridgehead atoms. The third-order valence-corrected chi connectivity index (χ3v) is 4.44. The molecule has 2 aromatic rings. The van der Waals surface area contributed by atoms with E-state index in [1.807, 2.05) is 6.92 Å². The fraction of sp³-hybridized carbons (Fsp3) is 0.500. The average Bonchev–Trinajstić information content (AvgIpc) is 3.12. The van der Waals surface area contributed by atoms with Crippen molar-refractivity contribution < 1.29 is 4.79 Å². The summed E-state index contributed by atoms with van der Waals surface area (Å²) in [5.74, 6) is 1.52. The van der Waals surface area contributed by atoms with Gasteiger partial charge in [0.25, 0.3) is 0 Å². The first-order valence-corrected chi connectivity index (χ1v) is 7.77. The van der Waals surface area contributed by atoms with Gasteiger partial charge in [-0.05, 0) is 32.3 Å². The molecule has 2 heterocycles. The van der Waals surface area contributed by atoms with Crippen LogP contribution in [0.5, 0.6) is 0 Å². The smallest absolute Gasteiger partial charge is 0.239 e. The fourth-order valence-electron chi connectivity index (χ4n) is 2.06. The number of aryl methyl sites for hydroxylation is 2. The maximum absolute atomic E-state index is 11.7. The van der Waals surface area contributed by atoms with E-state index in [2.05, 4.69) is 33.6 Å². The molecule has 6 heteroatoms. The van der Waals surface area contributed by atoms with Gasteiger partial charge in [-0.3, -0.25) is 4.79 Å². The fourth-order valence-corrected chi connectivity index (χ4v) is 3.07. The number of carbonyl (C=O) groups excluding carboxylic acids is 1. The molecule has 0 aromatic carbocycles. The summed E-state index contributed by atoms with van der Waals surface area (Å²) in [4.78, 5) is 22.9. The van der Waals surface area contributed by atoms with E-state index in [-0.39, 0.29) is 12.5 Å². The lowest BCUT2D eigenvalue weighted by atomic mass is 10.3. The number of anilines is 1. The van der Waals surface area contributed by atoms with Gasteiger partial charge in [0, 0.05) is 10.9 Å². The van der Waals surface area contributed by atoms with Gasteiger partial charge in [0.1, 0.15) is 16.5 Å². The van der Waals surface area contributed by atoms with E-state index in [9.17, 15) is 4.79 Å². The molecule has 20 heavy (non-hydrogen) atoms. The summed E-state index contributed by atoms with van der Waals surface area (Å²) in [6.07, 6.45) is 3.20. The van der Waals surface area contributed by atoms with Gasteiger partial charge in [-0.15, -0.1) is 11.3 Å². The van der Waals surface area contributed by atoms with Gasteiger partial charge in [-0.25, -0.2) is 9.97 Å². The maximum Gasteiger partial charge on any atom is 0.239 e. The Kier molecular flexibility index (Phi) is 3.56. The van der Waals surface area contributed by atoms with Crippen LogP contribution in [0.2, 0.25) is 0 Å². The first kappa shape index (κ1) is 13.3. The standard InChI is InChI=1S/C14H18N4OS/c1-3-10-6-11-13(16-8(2)17-14(11)20-10)15-7-12(19)18-9-4-5-9/h6,9H,3-5,7H2,1-2H3,(H,18,19)(H,15,16,17). The first-order chi connectivity index (χ1) is 9.65. The molecule has 0 aliphatic heterocycles. The minimum Gasteiger partial charge on any atom is -0.360 e. The number of carbonyl (C=O) groups is 1. The number of hydrogen-bond donors (Lipinski definition) is 2. The Balaban J connectivity index is 1.78. The minimum atomic E-state index is 0.0304. The van der Waals surface area contributed by atoms with Crippen LogP contribution < -0.4 is 10.6 Å². The molecule has 0 unspecified atom stereocenters. The van der Waals surface area contributed by atoms with Crippen molar-refractivity contribution in [3.8, 4) is 0 Å². The van der Waals surface area contributed by atoms with E-state index in [1.165, 1.54) is 4.88 Å². The summed E-state index contributed by atoms with van der Waals surface area (Å²) in [5.41, 5.74) is 0. The van der Waals surface area contributed by atoms with E-state index in [0.29, 0.717) is 6.04 Å². The third-order valence-electron chi connectivity index (χ3n) is 3.26. The van der Waals surface area contributed by atoms with Crippen molar-refractivity contribution in [2.45, 2.75) is 39.2 Å². The quantitative estimate of drug-likeness (QED) is 0.886. The molecule has 0 atom stereocenters. The Morgan fingerprint density at radius 3 is 2.95 bits per heavy atom. The number of hydrogen-bond acceptors (Lipinski definition) is 5. The second-order valence-electron chi connectivity index (χ2n) is 5.10. The molecule has 0 spiro atoms. The second-order valence-corrected chi connectivity index (χ2v) is 6.22. The molecule has 2 N–H and O–H groups in total. The molecule has 2 aromatic heterocycles. The Hall–Kier alpha value is -1.69. The highest BCUT2D eigenvalue weighted by Crippen LogP contribution is 2.29. The number of rotatable bonds is 5. The molecule has 1 aliphatic carbocycles. The van der Waals surface area contributed by atoms with Gasteiger partial charge < -0.3 is 10.6 Å². The summed E-state index contributed by atoms with van der Waals surface area (Å²) >= 11 is 1.69. The molecular formula is C14H18N4OS. The molecule has 1 aliphatic rings. The summed E-state index contributed by atoms with van der Waals surface area (Å²) < 4.78 is 0. The molecule has 1 saturated carbocycles. The van der Waals surface area contributed by atoms with Crippen molar-refractivity contribution in [2.75, 3.05) is 11.9 Å². The summed E-state index contributed by atoms with van der Waals surface area (Å²) in [6, 6.07) is 2.50. The van der Waals surface area contributed by atoms with E-state index in [4.69, 9.17) is 0 Å². The van der Waals surface area contributed by atoms with Gasteiger partial charge in [-0.2, -0.15) is 0 Å². The van der Waals surface area contributed by atoms with Crippen LogP contribution in [0.1, 0.15) is 30.5 Å². The van der Waals surface area contributed by atoms with Crippen molar-refractivity contribution in [1.82, 2.24) is 15.3 Å². The van der Waals surface area contributed by atoms with Gasteiger partial charge >= 0.3 is 0 Å². The summed E-state index contributed by atoms with van der Waals surface area (Å²) in [6.45, 7) is 4.26. The predicted octanol–water partition coefficient (Wildman–Crippen LogP) is 2.25. The van der Waals surface area contributed by atoms with E-state index < -0.39 is 0 Å². The molecule has 106 valence electrons. The van der Waals surface area contributed by atoms with Crippen molar-refractivity contribution >= 4 is 33.3 Å². The summed E-state index contributed by atoms with van der Waals surface area (Å²) in [7, 11) is 0. The van der Waals surface area contributed by atoms with Crippen molar-refractivity contribution in [1.29, 1.82) is 0 Å². The monoisotopic (exact) mass is 290 g/mol. The van der Waals surface area contributed by atoms with Crippen LogP contribution in [-0.4, -0.2) is 28.5 Å². The first-order valence-electron chi connectivity index (χ1n) is 6.96. The Labute approximate surface area is 121 Å². The maximum atomic E-state index is 11.7. The predicted molar refractivity (Wildman–Crippen MR) is 81.2 cm³/mol. The van der Waals surface area contributed by atoms with Crippen LogP contribution in [0.4, 0.5) is 5.82 Å². The van der Waals surface area contributed by atoms with Crippen LogP contribution in [-0.2, 0) is 11.2 Å². The highest BCUT2D eigenvalue weighted by Gasteiger charge is 2.23. The molecule has 0 saturated heterocycles. The number of aromatic nitrogens is 2. The zero-order chi connectivity index (χ0) is 14.1. The Morgan fingerprint density at radius 1 is 1.45 bits per heavy atom. The molecule has 1 amide bonds. The lowest BCUT2D eigenvalue weighted by molar-refractivity contribution is -0.119. The van der Waals surface area contributed by atoms with Crippen LogP contribution >= 0.6 is 11.3 Å². The highest BCUT2D eigenvalue weighted by atomic mass is 32.1. The van der Waals surface area contributed by atoms with Gasteiger partial charge in [0.15, 0.2) is 0 Å². The van der Waals surface area contributed by atoms with Crippen LogP contribution in [0.15, 0.2) is 6.07 Å². The average molecular weight is 290 g/mol. The lowest BCUT2D eigenvalue weighted by Gasteiger charge is -2.07. The van der Waals surface area contributed by atoms with Gasteiger partial charge in [0.2, 0.25) is 5.91 Å². The molecular weight excluding hydrogens is 272 g/mol. The highest BCUT2D eigenvalue weighted by molar-refractivity contribution is 7.18. The lowest BCUT2D eigenvalue weighted by Crippen LogP contribution is -2.31. The zero-order valence-electron chi connectivity index (χ0n) is 11.7. The SMILES string of the molecule is CCc1cc2c(NCC(=O)NC3CC3)nc(C)nc2s1. The van der Waals surface area contributed by atoms with Crippen LogP contribution in [0.25, 0.3) is 10.2 Å². The van der Waals surface area contributed by atoms with Crippen molar-refractivity contribution in [3.63, 3.8) is 0 Å². The van der Waals surface area contributed by atoms with Crippen molar-refractivity contribution in [2.24, 2.45) is 0 Å². The van der Waals surface area contributed by atoms with E-state index >= 15 is 0 Å². The van der Waals surface area contributed by atoms with E-state index in [0.717, 1.165) is 41.1 Å². The van der Waals surface area contributed by atoms with Crippen molar-refractivity contribution in [3.05, 3.63) is 16.8 Å². The number of nitrogens with one attached hydrogen (secondary N) is 2. The number of thiophene rings is 1. The number of amides is 1. The largest absolute Gasteiger partial charge is 0.360 e. The third kappa shape index (κ3) is 2.90. The normalized spacial score (nSPS) is 14.5. The Bertz CT molecular complexity index is 648. The molecule has 1 fully saturated rings. The molecule has 3 rings (SSSR count). The van der Waals surface area contributed by atoms with Crippen LogP contribution in [0.3, 0.4) is 0 Å². The number of nitrogens with zero attached hydrogens (tertiary/aromatic N) is 2. The van der Waals surface area contributed by atoms with Crippen LogP contribution in [0, 0.1) is 6.92 Å². The topological polar surface area (TPSA) is 66.9 Å². The van der Waals surface area contributed by atoms with E-state index in [1.54, 1.807) is 11.3 Å². The van der Waals surface area contributed by atoms with Gasteiger partial charge in [0.05, 0.1) is 11.9 Å². The molecule has 5 nitrogen and oxygen atoms in total.